The maximum absolute atomic E-state index is 11.6. The highest BCUT2D eigenvalue weighted by molar-refractivity contribution is 7.51. The van der Waals surface area contributed by atoms with Crippen LogP contribution < -0.4 is 5.73 Å². The minimum absolute atomic E-state index is 0.256. The zero-order valence-corrected chi connectivity index (χ0v) is 9.60. The van der Waals surface area contributed by atoms with E-state index in [1.807, 2.05) is 0 Å². The first-order valence-corrected chi connectivity index (χ1v) is 6.74. The highest BCUT2D eigenvalue weighted by atomic mass is 31.2. The second-order valence-electron chi connectivity index (χ2n) is 3.79. The van der Waals surface area contributed by atoms with Crippen LogP contribution in [0.3, 0.4) is 0 Å². The Kier molecular flexibility index (Phi) is 4.07. The summed E-state index contributed by atoms with van der Waals surface area (Å²) < 4.78 is 10.6. The van der Waals surface area contributed by atoms with Gasteiger partial charge < -0.3 is 20.4 Å². The van der Waals surface area contributed by atoms with E-state index >= 15 is 0 Å². The zero-order valence-electron chi connectivity index (χ0n) is 8.70. The maximum atomic E-state index is 11.6. The Labute approximate surface area is 92.8 Å². The molecule has 16 heavy (non-hydrogen) atoms. The fourth-order valence-corrected chi connectivity index (χ4v) is 2.23. The van der Waals surface area contributed by atoms with Crippen LogP contribution in [0, 0.1) is 0 Å². The van der Waals surface area contributed by atoms with Crippen LogP contribution >= 0.6 is 7.60 Å². The fraction of sp³-hybridized carbons (Fsp3) is 0.750. The minimum atomic E-state index is -4.17. The van der Waals surface area contributed by atoms with Gasteiger partial charge in [-0.1, -0.05) is 0 Å². The molecule has 0 aromatic heterocycles. The van der Waals surface area contributed by atoms with Gasteiger partial charge in [0.15, 0.2) is 0 Å². The molecule has 4 N–H and O–H groups in total. The molecule has 1 fully saturated rings. The van der Waals surface area contributed by atoms with Crippen molar-refractivity contribution < 1.29 is 23.9 Å². The van der Waals surface area contributed by atoms with Crippen molar-refractivity contribution in [1.82, 2.24) is 4.90 Å². The van der Waals surface area contributed by atoms with Crippen LogP contribution in [0.25, 0.3) is 0 Å². The standard InChI is InChI=1S/C8H15N2O5P/c9-8(12)6-2-1-4-10(6)7(11)3-5-16(13,14)15/h6H,1-5H2,(H2,9,12)(H2,13,14,15)/t6-/m0/s1. The first-order chi connectivity index (χ1) is 7.31. The van der Waals surface area contributed by atoms with Crippen molar-refractivity contribution in [2.24, 2.45) is 5.73 Å². The normalized spacial score (nSPS) is 21.1. The summed E-state index contributed by atoms with van der Waals surface area (Å²) in [5.41, 5.74) is 5.12. The number of carbonyl (C=O) groups excluding carboxylic acids is 2. The number of rotatable bonds is 4. The summed E-state index contributed by atoms with van der Waals surface area (Å²) in [5, 5.41) is 0. The summed E-state index contributed by atoms with van der Waals surface area (Å²) in [7, 11) is -4.17. The van der Waals surface area contributed by atoms with Gasteiger partial charge in [-0.05, 0) is 12.8 Å². The first kappa shape index (κ1) is 13.2. The molecule has 0 aromatic rings. The number of nitrogens with two attached hydrogens (primary N) is 1. The monoisotopic (exact) mass is 250 g/mol. The van der Waals surface area contributed by atoms with Crippen LogP contribution in [0.4, 0.5) is 0 Å². The number of likely N-dealkylation sites (tertiary alicyclic amines) is 1. The second-order valence-corrected chi connectivity index (χ2v) is 5.56. The molecule has 1 saturated heterocycles. The molecule has 7 nitrogen and oxygen atoms in total. The van der Waals surface area contributed by atoms with E-state index < -0.39 is 31.6 Å². The molecule has 0 aromatic carbocycles. The van der Waals surface area contributed by atoms with Crippen molar-refractivity contribution >= 4 is 19.4 Å². The molecule has 0 unspecified atom stereocenters. The number of amides is 2. The first-order valence-electron chi connectivity index (χ1n) is 4.94. The lowest BCUT2D eigenvalue weighted by atomic mass is 10.2. The van der Waals surface area contributed by atoms with E-state index in [9.17, 15) is 14.2 Å². The molecular weight excluding hydrogens is 235 g/mol. The zero-order chi connectivity index (χ0) is 12.3. The molecule has 0 saturated carbocycles. The lowest BCUT2D eigenvalue weighted by Gasteiger charge is -2.22. The SMILES string of the molecule is NC(=O)[C@@H]1CCCN1C(=O)CCP(=O)(O)O. The van der Waals surface area contributed by atoms with Gasteiger partial charge in [0, 0.05) is 13.0 Å². The van der Waals surface area contributed by atoms with Gasteiger partial charge in [-0.3, -0.25) is 14.2 Å². The van der Waals surface area contributed by atoms with Crippen molar-refractivity contribution in [2.45, 2.75) is 25.3 Å². The predicted octanol–water partition coefficient (Wildman–Crippen LogP) is -0.970. The summed E-state index contributed by atoms with van der Waals surface area (Å²) in [6, 6.07) is -0.621. The third-order valence-electron chi connectivity index (χ3n) is 2.52. The molecule has 1 aliphatic heterocycles. The van der Waals surface area contributed by atoms with E-state index in [1.165, 1.54) is 4.90 Å². The molecule has 0 bridgehead atoms. The molecule has 0 radical (unpaired) electrons. The predicted molar refractivity (Wildman–Crippen MR) is 55.5 cm³/mol. The van der Waals surface area contributed by atoms with Gasteiger partial charge in [-0.15, -0.1) is 0 Å². The number of hydrogen-bond acceptors (Lipinski definition) is 3. The Hall–Kier alpha value is -0.910. The summed E-state index contributed by atoms with van der Waals surface area (Å²) >= 11 is 0. The van der Waals surface area contributed by atoms with Crippen LogP contribution in [0.1, 0.15) is 19.3 Å². The van der Waals surface area contributed by atoms with Crippen LogP contribution in [-0.4, -0.2) is 45.2 Å². The van der Waals surface area contributed by atoms with Gasteiger partial charge in [0.1, 0.15) is 6.04 Å². The molecule has 8 heteroatoms. The average molecular weight is 250 g/mol. The van der Waals surface area contributed by atoms with E-state index in [0.29, 0.717) is 19.4 Å². The number of carbonyl (C=O) groups is 2. The fourth-order valence-electron chi connectivity index (χ4n) is 1.75. The molecule has 1 aliphatic rings. The Morgan fingerprint density at radius 2 is 2.06 bits per heavy atom. The summed E-state index contributed by atoms with van der Waals surface area (Å²) in [5.74, 6) is -0.994. The largest absolute Gasteiger partial charge is 0.368 e. The molecule has 2 amide bonds. The lowest BCUT2D eigenvalue weighted by Crippen LogP contribution is -2.43. The third-order valence-corrected chi connectivity index (χ3v) is 3.32. The minimum Gasteiger partial charge on any atom is -0.368 e. The molecule has 0 aliphatic carbocycles. The van der Waals surface area contributed by atoms with Gasteiger partial charge in [0.25, 0.3) is 0 Å². The number of nitrogens with zero attached hydrogens (tertiary/aromatic N) is 1. The summed E-state index contributed by atoms with van der Waals surface area (Å²) in [4.78, 5) is 41.1. The van der Waals surface area contributed by atoms with Crippen molar-refractivity contribution in [2.75, 3.05) is 12.7 Å². The number of hydrogen-bond donors (Lipinski definition) is 3. The van der Waals surface area contributed by atoms with E-state index in [-0.39, 0.29) is 6.42 Å². The molecular formula is C8H15N2O5P. The molecule has 92 valence electrons. The van der Waals surface area contributed by atoms with E-state index in [4.69, 9.17) is 15.5 Å². The summed E-state index contributed by atoms with van der Waals surface area (Å²) in [6.07, 6.45) is 0.466. The van der Waals surface area contributed by atoms with E-state index in [0.717, 1.165) is 0 Å². The maximum Gasteiger partial charge on any atom is 0.326 e. The smallest absolute Gasteiger partial charge is 0.326 e. The van der Waals surface area contributed by atoms with Gasteiger partial charge >= 0.3 is 7.60 Å². The molecule has 0 spiro atoms. The van der Waals surface area contributed by atoms with Crippen LogP contribution in [-0.2, 0) is 14.2 Å². The average Bonchev–Trinajstić information content (AvgIpc) is 2.61. The van der Waals surface area contributed by atoms with Gasteiger partial charge in [0.05, 0.1) is 6.16 Å². The van der Waals surface area contributed by atoms with Crippen molar-refractivity contribution in [3.05, 3.63) is 0 Å². The van der Waals surface area contributed by atoms with Crippen molar-refractivity contribution in [3.63, 3.8) is 0 Å². The van der Waals surface area contributed by atoms with Gasteiger partial charge in [0.2, 0.25) is 11.8 Å². The highest BCUT2D eigenvalue weighted by Crippen LogP contribution is 2.35. The number of primary amides is 1. The Morgan fingerprint density at radius 1 is 1.44 bits per heavy atom. The van der Waals surface area contributed by atoms with Crippen molar-refractivity contribution in [3.8, 4) is 0 Å². The molecule has 1 atom stereocenters. The Bertz CT molecular complexity index is 339. The van der Waals surface area contributed by atoms with Gasteiger partial charge in [-0.2, -0.15) is 0 Å². The van der Waals surface area contributed by atoms with E-state index in [1.54, 1.807) is 0 Å². The second kappa shape index (κ2) is 4.95. The van der Waals surface area contributed by atoms with Crippen LogP contribution in [0.5, 0.6) is 0 Å². The summed E-state index contributed by atoms with van der Waals surface area (Å²) in [6.45, 7) is 0.424. The lowest BCUT2D eigenvalue weighted by molar-refractivity contribution is -0.137. The van der Waals surface area contributed by atoms with Crippen LogP contribution in [0.15, 0.2) is 0 Å². The highest BCUT2D eigenvalue weighted by Gasteiger charge is 2.32. The Morgan fingerprint density at radius 3 is 2.56 bits per heavy atom. The molecule has 1 heterocycles. The molecule has 1 rings (SSSR count). The third kappa shape index (κ3) is 3.59. The van der Waals surface area contributed by atoms with E-state index in [2.05, 4.69) is 0 Å². The van der Waals surface area contributed by atoms with Crippen LogP contribution in [0.2, 0.25) is 0 Å². The topological polar surface area (TPSA) is 121 Å². The van der Waals surface area contributed by atoms with Crippen molar-refractivity contribution in [1.29, 1.82) is 0 Å². The Balaban J connectivity index is 2.54. The quantitative estimate of drug-likeness (QED) is 0.554. The van der Waals surface area contributed by atoms with Gasteiger partial charge in [-0.25, -0.2) is 0 Å².